The summed E-state index contributed by atoms with van der Waals surface area (Å²) in [6, 6.07) is 19.4. The summed E-state index contributed by atoms with van der Waals surface area (Å²) in [5, 5.41) is 0. The lowest BCUT2D eigenvalue weighted by atomic mass is 10.2. The molecule has 3 aromatic rings. The molecule has 1 amide bonds. The third kappa shape index (κ3) is 4.51. The van der Waals surface area contributed by atoms with Crippen LogP contribution in [0.25, 0.3) is 0 Å². The lowest BCUT2D eigenvalue weighted by Crippen LogP contribution is -2.45. The van der Waals surface area contributed by atoms with Crippen molar-refractivity contribution in [1.82, 2.24) is 4.31 Å². The molecule has 0 aromatic heterocycles. The van der Waals surface area contributed by atoms with Gasteiger partial charge in [-0.15, -0.1) is 0 Å². The average molecular weight is 455 g/mol. The second-order valence-electron chi connectivity index (χ2n) is 7.54. The lowest BCUT2D eigenvalue weighted by molar-refractivity contribution is -0.119. The summed E-state index contributed by atoms with van der Waals surface area (Å²) in [5.41, 5.74) is 1.69. The van der Waals surface area contributed by atoms with Gasteiger partial charge in [-0.1, -0.05) is 48.0 Å². The number of hydrogen-bond donors (Lipinski definition) is 0. The van der Waals surface area contributed by atoms with Gasteiger partial charge in [0, 0.05) is 12.1 Å². The van der Waals surface area contributed by atoms with Crippen molar-refractivity contribution in [3.8, 4) is 5.75 Å². The molecule has 0 atom stereocenters. The Hall–Kier alpha value is -3.23. The number of benzene rings is 3. The Balaban J connectivity index is 1.67. The summed E-state index contributed by atoms with van der Waals surface area (Å²) in [6.07, 6.45) is 0. The molecule has 0 saturated carbocycles. The molecule has 8 heteroatoms. The molecule has 0 N–H and O–H groups in total. The van der Waals surface area contributed by atoms with E-state index in [0.717, 1.165) is 9.87 Å². The van der Waals surface area contributed by atoms with Gasteiger partial charge in [0.25, 0.3) is 0 Å². The molecule has 3 aromatic carbocycles. The molecule has 1 aliphatic heterocycles. The van der Waals surface area contributed by atoms with Crippen molar-refractivity contribution in [3.05, 3.63) is 89.7 Å². The van der Waals surface area contributed by atoms with Crippen molar-refractivity contribution in [3.63, 3.8) is 0 Å². The van der Waals surface area contributed by atoms with Gasteiger partial charge in [0.15, 0.2) is 0 Å². The normalized spacial score (nSPS) is 13.5. The largest absolute Gasteiger partial charge is 0.490 e. The summed E-state index contributed by atoms with van der Waals surface area (Å²) >= 11 is 0. The van der Waals surface area contributed by atoms with E-state index in [-0.39, 0.29) is 17.0 Å². The van der Waals surface area contributed by atoms with E-state index in [4.69, 9.17) is 4.74 Å². The third-order valence-corrected chi connectivity index (χ3v) is 7.11. The van der Waals surface area contributed by atoms with Crippen molar-refractivity contribution in [2.75, 3.05) is 24.6 Å². The Bertz CT molecular complexity index is 1230. The highest BCUT2D eigenvalue weighted by Crippen LogP contribution is 2.31. The Kier molecular flexibility index (Phi) is 6.25. The fraction of sp³-hybridized carbons (Fsp3) is 0.208. The van der Waals surface area contributed by atoms with Crippen LogP contribution in [-0.4, -0.2) is 38.3 Å². The Morgan fingerprint density at radius 2 is 1.72 bits per heavy atom. The zero-order chi connectivity index (χ0) is 22.7. The van der Waals surface area contributed by atoms with Crippen LogP contribution in [0.5, 0.6) is 5.75 Å². The maximum atomic E-state index is 14.3. The number of rotatable bonds is 6. The van der Waals surface area contributed by atoms with Gasteiger partial charge < -0.3 is 9.64 Å². The van der Waals surface area contributed by atoms with Crippen molar-refractivity contribution in [2.24, 2.45) is 0 Å². The first-order valence-corrected chi connectivity index (χ1v) is 11.6. The highest BCUT2D eigenvalue weighted by atomic mass is 32.2. The number of carbonyl (C=O) groups is 1. The molecule has 32 heavy (non-hydrogen) atoms. The summed E-state index contributed by atoms with van der Waals surface area (Å²) in [4.78, 5) is 14.8. The number of amides is 1. The summed E-state index contributed by atoms with van der Waals surface area (Å²) in [5.74, 6) is -0.373. The predicted molar refractivity (Wildman–Crippen MR) is 119 cm³/mol. The zero-order valence-electron chi connectivity index (χ0n) is 17.6. The first-order valence-electron chi connectivity index (χ1n) is 10.2. The SMILES string of the molecule is Cc1ccc(S(=O)(=O)N(CC(=O)N2CCOc3ccccc32)Cc2ccccc2F)cc1. The highest BCUT2D eigenvalue weighted by Gasteiger charge is 2.31. The van der Waals surface area contributed by atoms with Gasteiger partial charge in [-0.2, -0.15) is 4.31 Å². The standard InChI is InChI=1S/C24H23FN2O4S/c1-18-10-12-20(13-11-18)32(29,30)26(16-19-6-2-3-7-21(19)25)17-24(28)27-14-15-31-23-9-5-4-8-22(23)27/h2-13H,14-17H2,1H3. The molecule has 0 unspecified atom stereocenters. The number of nitrogens with zero attached hydrogens (tertiary/aromatic N) is 2. The minimum Gasteiger partial charge on any atom is -0.490 e. The van der Waals surface area contributed by atoms with E-state index in [1.807, 2.05) is 6.92 Å². The van der Waals surface area contributed by atoms with Crippen LogP contribution in [0.2, 0.25) is 0 Å². The Morgan fingerprint density at radius 3 is 2.47 bits per heavy atom. The van der Waals surface area contributed by atoms with Gasteiger partial charge in [0.1, 0.15) is 18.2 Å². The second-order valence-corrected chi connectivity index (χ2v) is 9.48. The topological polar surface area (TPSA) is 66.9 Å². The Labute approximate surface area is 186 Å². The van der Waals surface area contributed by atoms with Gasteiger partial charge in [-0.25, -0.2) is 12.8 Å². The number of hydrogen-bond acceptors (Lipinski definition) is 4. The van der Waals surface area contributed by atoms with E-state index in [0.29, 0.717) is 24.6 Å². The van der Waals surface area contributed by atoms with Gasteiger partial charge >= 0.3 is 0 Å². The number of anilines is 1. The third-order valence-electron chi connectivity index (χ3n) is 5.30. The minimum atomic E-state index is -4.06. The van der Waals surface area contributed by atoms with E-state index >= 15 is 0 Å². The lowest BCUT2D eigenvalue weighted by Gasteiger charge is -2.31. The number of halogens is 1. The maximum Gasteiger partial charge on any atom is 0.243 e. The first kappa shape index (κ1) is 22.0. The van der Waals surface area contributed by atoms with Crippen LogP contribution in [0.3, 0.4) is 0 Å². The van der Waals surface area contributed by atoms with Crippen LogP contribution in [0.1, 0.15) is 11.1 Å². The van der Waals surface area contributed by atoms with Gasteiger partial charge in [-0.3, -0.25) is 4.79 Å². The fourth-order valence-corrected chi connectivity index (χ4v) is 4.93. The van der Waals surface area contributed by atoms with Crippen molar-refractivity contribution in [1.29, 1.82) is 0 Å². The van der Waals surface area contributed by atoms with E-state index < -0.39 is 28.3 Å². The smallest absolute Gasteiger partial charge is 0.243 e. The number of ether oxygens (including phenoxy) is 1. The maximum absolute atomic E-state index is 14.3. The molecule has 0 saturated heterocycles. The molecule has 1 heterocycles. The Morgan fingerprint density at radius 1 is 1.03 bits per heavy atom. The molecule has 0 aliphatic carbocycles. The summed E-state index contributed by atoms with van der Waals surface area (Å²) < 4.78 is 47.8. The molecule has 6 nitrogen and oxygen atoms in total. The van der Waals surface area contributed by atoms with Crippen LogP contribution in [0, 0.1) is 12.7 Å². The molecular weight excluding hydrogens is 431 g/mol. The molecule has 0 radical (unpaired) electrons. The number of aryl methyl sites for hydroxylation is 1. The molecular formula is C24H23FN2O4S. The zero-order valence-corrected chi connectivity index (χ0v) is 18.4. The number of para-hydroxylation sites is 2. The van der Waals surface area contributed by atoms with Gasteiger partial charge in [0.2, 0.25) is 15.9 Å². The molecule has 166 valence electrons. The molecule has 0 spiro atoms. The molecule has 1 aliphatic rings. The number of carbonyl (C=O) groups excluding carboxylic acids is 1. The second kappa shape index (κ2) is 9.10. The monoisotopic (exact) mass is 454 g/mol. The van der Waals surface area contributed by atoms with Gasteiger partial charge in [0.05, 0.1) is 23.7 Å². The van der Waals surface area contributed by atoms with Crippen LogP contribution >= 0.6 is 0 Å². The van der Waals surface area contributed by atoms with Crippen molar-refractivity contribution >= 4 is 21.6 Å². The predicted octanol–water partition coefficient (Wildman–Crippen LogP) is 3.75. The van der Waals surface area contributed by atoms with E-state index in [9.17, 15) is 17.6 Å². The number of sulfonamides is 1. The van der Waals surface area contributed by atoms with Crippen molar-refractivity contribution < 1.29 is 22.3 Å². The molecule has 4 rings (SSSR count). The van der Waals surface area contributed by atoms with Crippen LogP contribution < -0.4 is 9.64 Å². The van der Waals surface area contributed by atoms with Crippen LogP contribution in [0.4, 0.5) is 10.1 Å². The molecule has 0 bridgehead atoms. The van der Waals surface area contributed by atoms with Crippen LogP contribution in [-0.2, 0) is 21.4 Å². The first-order chi connectivity index (χ1) is 15.4. The average Bonchev–Trinajstić information content (AvgIpc) is 2.79. The quantitative estimate of drug-likeness (QED) is 0.569. The van der Waals surface area contributed by atoms with E-state index in [2.05, 4.69) is 0 Å². The van der Waals surface area contributed by atoms with E-state index in [1.54, 1.807) is 42.5 Å². The van der Waals surface area contributed by atoms with Crippen molar-refractivity contribution in [2.45, 2.75) is 18.4 Å². The summed E-state index contributed by atoms with van der Waals surface area (Å²) in [6.45, 7) is 1.77. The number of fused-ring (bicyclic) bond motifs is 1. The fourth-order valence-electron chi connectivity index (χ4n) is 3.57. The molecule has 0 fully saturated rings. The summed E-state index contributed by atoms with van der Waals surface area (Å²) in [7, 11) is -4.06. The van der Waals surface area contributed by atoms with Gasteiger partial charge in [-0.05, 0) is 37.3 Å². The van der Waals surface area contributed by atoms with Crippen LogP contribution in [0.15, 0.2) is 77.7 Å². The van der Waals surface area contributed by atoms with E-state index in [1.165, 1.54) is 35.2 Å². The highest BCUT2D eigenvalue weighted by molar-refractivity contribution is 7.89. The minimum absolute atomic E-state index is 0.0506.